The zero-order valence-electron chi connectivity index (χ0n) is 41.5. The van der Waals surface area contributed by atoms with E-state index in [-0.39, 0.29) is 21.7 Å². The number of anilines is 4. The zero-order chi connectivity index (χ0) is 47.5. The quantitative estimate of drug-likeness (QED) is 0.167. The fourth-order valence-electron chi connectivity index (χ4n) is 10.7. The number of rotatable bonds is 6. The van der Waals surface area contributed by atoms with Crippen LogP contribution in [0.5, 0.6) is 11.5 Å². The van der Waals surface area contributed by atoms with E-state index in [0.717, 1.165) is 45.1 Å². The lowest BCUT2D eigenvalue weighted by atomic mass is 9.78. The molecule has 0 atom stereocenters. The van der Waals surface area contributed by atoms with E-state index < -0.39 is 0 Å². The van der Waals surface area contributed by atoms with Gasteiger partial charge in [-0.25, -0.2) is 4.98 Å². The SMILES string of the molecule is CC(C)(C)c1cc(-c2ccc3c(c2N2CN(c4cccc(Oc5ccc6c7ccccc7n(-c7cc(C(C)(C)C)ccn7)c6c5)c4)c4ccccc42)-c2ccccc2C3(C)C)cc(C(C)(C)C)c1. The first-order valence-electron chi connectivity index (χ1n) is 24.2. The van der Waals surface area contributed by atoms with E-state index in [2.05, 4.69) is 248 Å². The molecule has 1 aliphatic carbocycles. The largest absolute Gasteiger partial charge is 0.457 e. The van der Waals surface area contributed by atoms with Crippen molar-refractivity contribution >= 4 is 44.6 Å². The number of nitrogens with zero attached hydrogens (tertiary/aromatic N) is 4. The molecule has 11 rings (SSSR count). The molecule has 0 radical (unpaired) electrons. The molecule has 0 unspecified atom stereocenters. The number of para-hydroxylation sites is 3. The highest BCUT2D eigenvalue weighted by Crippen LogP contribution is 2.58. The standard InChI is InChI=1S/C63H62N4O/c1-60(2,3)41-31-32-64-57(36-41)67-53-24-15-13-21-48(53)49-28-27-46(38-56(49)67)68-45-20-18-19-44(37-45)65-39-66(55-26-17-16-25-54(55)65)59-47(40-33-42(61(4,5)6)35-43(34-40)62(7,8)9)29-30-52-58(59)50-22-12-14-23-51(50)63(52,10)11/h12-38H,39H2,1-11H3. The van der Waals surface area contributed by atoms with Crippen molar-refractivity contribution in [2.24, 2.45) is 0 Å². The first-order chi connectivity index (χ1) is 32.4. The fraction of sp³-hybridized carbons (Fsp3) is 0.254. The van der Waals surface area contributed by atoms with E-state index in [0.29, 0.717) is 6.67 Å². The Morgan fingerprint density at radius 2 is 1.15 bits per heavy atom. The van der Waals surface area contributed by atoms with E-state index in [1.807, 2.05) is 6.20 Å². The summed E-state index contributed by atoms with van der Waals surface area (Å²) in [6.45, 7) is 26.1. The van der Waals surface area contributed by atoms with Crippen LogP contribution in [0.1, 0.15) is 104 Å². The summed E-state index contributed by atoms with van der Waals surface area (Å²) in [5.41, 5.74) is 18.4. The van der Waals surface area contributed by atoms with Crippen molar-refractivity contribution in [1.29, 1.82) is 0 Å². The van der Waals surface area contributed by atoms with Gasteiger partial charge in [-0.3, -0.25) is 4.57 Å². The van der Waals surface area contributed by atoms with Crippen molar-refractivity contribution in [1.82, 2.24) is 9.55 Å². The third kappa shape index (κ3) is 7.17. The van der Waals surface area contributed by atoms with Crippen LogP contribution >= 0.6 is 0 Å². The van der Waals surface area contributed by atoms with Gasteiger partial charge in [0.15, 0.2) is 0 Å². The molecule has 0 saturated carbocycles. The molecule has 0 saturated heterocycles. The molecule has 0 amide bonds. The highest BCUT2D eigenvalue weighted by Gasteiger charge is 2.41. The van der Waals surface area contributed by atoms with Gasteiger partial charge in [-0.15, -0.1) is 0 Å². The Bertz CT molecular complexity index is 3430. The number of ether oxygens (including phenoxy) is 1. The van der Waals surface area contributed by atoms with Crippen LogP contribution in [-0.2, 0) is 21.7 Å². The van der Waals surface area contributed by atoms with Gasteiger partial charge in [0.1, 0.15) is 24.0 Å². The first kappa shape index (κ1) is 43.5. The summed E-state index contributed by atoms with van der Waals surface area (Å²) in [6.07, 6.45) is 1.93. The van der Waals surface area contributed by atoms with Crippen molar-refractivity contribution in [2.45, 2.75) is 97.8 Å². The third-order valence-electron chi connectivity index (χ3n) is 14.6. The number of hydrogen-bond acceptors (Lipinski definition) is 4. The number of pyridine rings is 1. The third-order valence-corrected chi connectivity index (χ3v) is 14.6. The number of hydrogen-bond donors (Lipinski definition) is 0. The molecule has 5 nitrogen and oxygen atoms in total. The number of aromatic nitrogens is 2. The van der Waals surface area contributed by atoms with Crippen molar-refractivity contribution < 1.29 is 4.74 Å². The smallest absolute Gasteiger partial charge is 0.137 e. The molecule has 7 aromatic carbocycles. The van der Waals surface area contributed by atoms with Gasteiger partial charge >= 0.3 is 0 Å². The maximum Gasteiger partial charge on any atom is 0.137 e. The van der Waals surface area contributed by atoms with Crippen LogP contribution < -0.4 is 14.5 Å². The highest BCUT2D eigenvalue weighted by molar-refractivity contribution is 6.09. The van der Waals surface area contributed by atoms with Crippen LogP contribution in [0.3, 0.4) is 0 Å². The van der Waals surface area contributed by atoms with Gasteiger partial charge in [-0.05, 0) is 110 Å². The molecule has 68 heavy (non-hydrogen) atoms. The lowest BCUT2D eigenvalue weighted by Gasteiger charge is -2.30. The van der Waals surface area contributed by atoms with Crippen molar-refractivity contribution in [3.8, 4) is 39.6 Å². The van der Waals surface area contributed by atoms with Crippen LogP contribution in [0.15, 0.2) is 164 Å². The minimum absolute atomic E-state index is 0.0113. The summed E-state index contributed by atoms with van der Waals surface area (Å²) in [5, 5.41) is 2.35. The Labute approximate surface area is 402 Å². The van der Waals surface area contributed by atoms with Gasteiger partial charge in [0.05, 0.1) is 28.1 Å². The van der Waals surface area contributed by atoms with Crippen molar-refractivity contribution in [2.75, 3.05) is 16.5 Å². The Kier molecular flexibility index (Phi) is 9.88. The topological polar surface area (TPSA) is 33.5 Å². The fourth-order valence-corrected chi connectivity index (χ4v) is 10.7. The van der Waals surface area contributed by atoms with Gasteiger partial charge in [-0.2, -0.15) is 0 Å². The molecule has 0 fully saturated rings. The summed E-state index contributed by atoms with van der Waals surface area (Å²) in [4.78, 5) is 9.93. The van der Waals surface area contributed by atoms with E-state index >= 15 is 0 Å². The van der Waals surface area contributed by atoms with Crippen LogP contribution in [0, 0.1) is 0 Å². The van der Waals surface area contributed by atoms with Gasteiger partial charge in [0, 0.05) is 51.3 Å². The van der Waals surface area contributed by atoms with Gasteiger partial charge < -0.3 is 14.5 Å². The van der Waals surface area contributed by atoms with E-state index in [9.17, 15) is 0 Å². The van der Waals surface area contributed by atoms with Gasteiger partial charge in [-0.1, -0.05) is 167 Å². The molecule has 0 bridgehead atoms. The highest BCUT2D eigenvalue weighted by atomic mass is 16.5. The first-order valence-corrected chi connectivity index (χ1v) is 24.2. The maximum absolute atomic E-state index is 6.85. The summed E-state index contributed by atoms with van der Waals surface area (Å²) in [6, 6.07) is 58.0. The summed E-state index contributed by atoms with van der Waals surface area (Å²) < 4.78 is 9.13. The molecule has 340 valence electrons. The van der Waals surface area contributed by atoms with E-state index in [1.54, 1.807) is 0 Å². The predicted molar refractivity (Wildman–Crippen MR) is 286 cm³/mol. The second-order valence-electron chi connectivity index (χ2n) is 22.6. The van der Waals surface area contributed by atoms with Crippen LogP contribution in [-0.4, -0.2) is 16.2 Å². The molecule has 0 spiro atoms. The molecule has 2 aromatic heterocycles. The molecule has 3 heterocycles. The second-order valence-corrected chi connectivity index (χ2v) is 22.6. The molecule has 0 N–H and O–H groups in total. The number of fused-ring (bicyclic) bond motifs is 7. The van der Waals surface area contributed by atoms with Crippen LogP contribution in [0.4, 0.5) is 22.7 Å². The van der Waals surface area contributed by atoms with E-state index in [4.69, 9.17) is 9.72 Å². The lowest BCUT2D eigenvalue weighted by Crippen LogP contribution is -2.25. The zero-order valence-corrected chi connectivity index (χ0v) is 41.5. The molecule has 1 aliphatic heterocycles. The average Bonchev–Trinajstić information content (AvgIpc) is 3.93. The van der Waals surface area contributed by atoms with Crippen molar-refractivity contribution in [3.05, 3.63) is 192 Å². The minimum Gasteiger partial charge on any atom is -0.457 e. The molecular weight excluding hydrogens is 829 g/mol. The van der Waals surface area contributed by atoms with E-state index in [1.165, 1.54) is 66.8 Å². The Morgan fingerprint density at radius 3 is 1.88 bits per heavy atom. The monoisotopic (exact) mass is 890 g/mol. The molecule has 9 aromatic rings. The molecule has 2 aliphatic rings. The summed E-state index contributed by atoms with van der Waals surface area (Å²) in [5.74, 6) is 2.45. The lowest BCUT2D eigenvalue weighted by molar-refractivity contribution is 0.483. The normalized spacial score (nSPS) is 14.4. The molecular formula is C63H62N4O. The second kappa shape index (κ2) is 15.5. The maximum atomic E-state index is 6.85. The van der Waals surface area contributed by atoms with Gasteiger partial charge in [0.2, 0.25) is 0 Å². The average molecular weight is 891 g/mol. The summed E-state index contributed by atoms with van der Waals surface area (Å²) >= 11 is 0. The van der Waals surface area contributed by atoms with Crippen LogP contribution in [0.25, 0.3) is 49.9 Å². The predicted octanol–water partition coefficient (Wildman–Crippen LogP) is 17.1. The van der Waals surface area contributed by atoms with Crippen molar-refractivity contribution in [3.63, 3.8) is 0 Å². The minimum atomic E-state index is -0.155. The van der Waals surface area contributed by atoms with Gasteiger partial charge in [0.25, 0.3) is 0 Å². The Hall–Kier alpha value is -7.11. The Morgan fingerprint density at radius 1 is 0.500 bits per heavy atom. The Balaban J connectivity index is 1.02. The molecule has 5 heteroatoms. The van der Waals surface area contributed by atoms with Crippen LogP contribution in [0.2, 0.25) is 0 Å². The summed E-state index contributed by atoms with van der Waals surface area (Å²) in [7, 11) is 0. The number of benzene rings is 7.